The highest BCUT2D eigenvalue weighted by atomic mass is 32.2. The number of hydrogen-bond acceptors (Lipinski definition) is 5. The van der Waals surface area contributed by atoms with Gasteiger partial charge in [0.1, 0.15) is 0 Å². The van der Waals surface area contributed by atoms with Crippen LogP contribution in [-0.2, 0) is 4.79 Å². The Morgan fingerprint density at radius 1 is 1.28 bits per heavy atom. The van der Waals surface area contributed by atoms with E-state index in [4.69, 9.17) is 15.2 Å². The van der Waals surface area contributed by atoms with Crippen LogP contribution in [0.5, 0.6) is 11.5 Å². The molecule has 1 aliphatic heterocycles. The Labute approximate surface area is 155 Å². The van der Waals surface area contributed by atoms with Crippen molar-refractivity contribution in [2.24, 2.45) is 11.7 Å². The van der Waals surface area contributed by atoms with Crippen molar-refractivity contribution in [2.75, 3.05) is 32.6 Å². The molecule has 1 aromatic rings. The van der Waals surface area contributed by atoms with Crippen molar-refractivity contribution in [1.29, 1.82) is 0 Å². The van der Waals surface area contributed by atoms with Gasteiger partial charge in [0, 0.05) is 43.1 Å². The lowest BCUT2D eigenvalue weighted by Gasteiger charge is -2.21. The summed E-state index contributed by atoms with van der Waals surface area (Å²) in [6.07, 6.45) is 2.26. The van der Waals surface area contributed by atoms with Gasteiger partial charge in [-0.15, -0.1) is 11.8 Å². The molecule has 1 atom stereocenters. The average molecular weight is 367 g/mol. The van der Waals surface area contributed by atoms with E-state index in [9.17, 15) is 4.79 Å². The second-order valence-corrected chi connectivity index (χ2v) is 7.94. The average Bonchev–Trinajstić information content (AvgIpc) is 2.83. The van der Waals surface area contributed by atoms with Gasteiger partial charge in [-0.1, -0.05) is 13.8 Å². The van der Waals surface area contributed by atoms with E-state index in [1.165, 1.54) is 0 Å². The van der Waals surface area contributed by atoms with Crippen LogP contribution in [0.3, 0.4) is 0 Å². The molecule has 0 fully saturated rings. The lowest BCUT2D eigenvalue weighted by molar-refractivity contribution is -0.129. The molecule has 0 bridgehead atoms. The third-order valence-corrected chi connectivity index (χ3v) is 5.38. The number of carbonyl (C=O) groups excluding carboxylic acids is 1. The van der Waals surface area contributed by atoms with Crippen molar-refractivity contribution in [3.05, 3.63) is 18.2 Å². The molecule has 2 N–H and O–H groups in total. The number of rotatable bonds is 8. The fourth-order valence-corrected chi connectivity index (χ4v) is 3.35. The molecule has 25 heavy (non-hydrogen) atoms. The molecule has 1 aromatic carbocycles. The number of benzene rings is 1. The SMILES string of the molecule is CC(C)C(N)CCN(C)C(=O)CCSc1ccc2c(c1)OCCCO2. The minimum atomic E-state index is 0.145. The van der Waals surface area contributed by atoms with E-state index in [1.807, 2.05) is 25.2 Å². The topological polar surface area (TPSA) is 64.8 Å². The maximum Gasteiger partial charge on any atom is 0.223 e. The largest absolute Gasteiger partial charge is 0.490 e. The van der Waals surface area contributed by atoms with Crippen LogP contribution in [0.1, 0.15) is 33.1 Å². The highest BCUT2D eigenvalue weighted by Crippen LogP contribution is 2.34. The second-order valence-electron chi connectivity index (χ2n) is 6.77. The summed E-state index contributed by atoms with van der Waals surface area (Å²) in [5.41, 5.74) is 6.04. The predicted molar refractivity (Wildman–Crippen MR) is 102 cm³/mol. The standard InChI is InChI=1S/C19H30N2O3S/c1-14(2)16(20)7-9-21(3)19(22)8-12-25-15-5-6-17-18(13-15)24-11-4-10-23-17/h5-6,13-14,16H,4,7-12,20H2,1-3H3. The maximum absolute atomic E-state index is 12.2. The third kappa shape index (κ3) is 6.44. The van der Waals surface area contributed by atoms with Crippen molar-refractivity contribution < 1.29 is 14.3 Å². The first-order valence-electron chi connectivity index (χ1n) is 8.99. The number of ether oxygens (including phenoxy) is 2. The van der Waals surface area contributed by atoms with Crippen molar-refractivity contribution >= 4 is 17.7 Å². The molecule has 6 heteroatoms. The molecule has 0 radical (unpaired) electrons. The molecule has 1 aliphatic rings. The van der Waals surface area contributed by atoms with Crippen LogP contribution >= 0.6 is 11.8 Å². The van der Waals surface area contributed by atoms with Crippen LogP contribution in [-0.4, -0.2) is 49.4 Å². The fourth-order valence-electron chi connectivity index (χ4n) is 2.48. The van der Waals surface area contributed by atoms with Crippen LogP contribution < -0.4 is 15.2 Å². The summed E-state index contributed by atoms with van der Waals surface area (Å²) >= 11 is 1.67. The third-order valence-electron chi connectivity index (χ3n) is 4.38. The van der Waals surface area contributed by atoms with Crippen LogP contribution in [0.4, 0.5) is 0 Å². The molecule has 1 amide bonds. The minimum absolute atomic E-state index is 0.145. The Morgan fingerprint density at radius 3 is 2.72 bits per heavy atom. The zero-order valence-electron chi connectivity index (χ0n) is 15.5. The van der Waals surface area contributed by atoms with E-state index in [2.05, 4.69) is 13.8 Å². The van der Waals surface area contributed by atoms with E-state index in [-0.39, 0.29) is 11.9 Å². The first-order valence-corrected chi connectivity index (χ1v) is 9.98. The zero-order valence-corrected chi connectivity index (χ0v) is 16.3. The van der Waals surface area contributed by atoms with Crippen molar-refractivity contribution in [1.82, 2.24) is 4.90 Å². The molecule has 0 aliphatic carbocycles. The van der Waals surface area contributed by atoms with Gasteiger partial charge in [-0.2, -0.15) is 0 Å². The summed E-state index contributed by atoms with van der Waals surface area (Å²) in [7, 11) is 1.85. The summed E-state index contributed by atoms with van der Waals surface area (Å²) in [5.74, 6) is 2.96. The number of fused-ring (bicyclic) bond motifs is 1. The Morgan fingerprint density at radius 2 is 2.00 bits per heavy atom. The first kappa shape index (κ1) is 19.9. The summed E-state index contributed by atoms with van der Waals surface area (Å²) in [4.78, 5) is 15.1. The quantitative estimate of drug-likeness (QED) is 0.716. The number of amides is 1. The van der Waals surface area contributed by atoms with Gasteiger partial charge in [0.25, 0.3) is 0 Å². The maximum atomic E-state index is 12.2. The summed E-state index contributed by atoms with van der Waals surface area (Å²) in [6.45, 7) is 6.31. The van der Waals surface area contributed by atoms with Crippen molar-refractivity contribution in [3.63, 3.8) is 0 Å². The van der Waals surface area contributed by atoms with E-state index < -0.39 is 0 Å². The number of thioether (sulfide) groups is 1. The van der Waals surface area contributed by atoms with Gasteiger partial charge in [0.15, 0.2) is 11.5 Å². The molecular formula is C19H30N2O3S. The summed E-state index contributed by atoms with van der Waals surface area (Å²) < 4.78 is 11.3. The number of nitrogens with zero attached hydrogens (tertiary/aromatic N) is 1. The summed E-state index contributed by atoms with van der Waals surface area (Å²) in [5, 5.41) is 0. The Bertz CT molecular complexity index is 566. The number of hydrogen-bond donors (Lipinski definition) is 1. The minimum Gasteiger partial charge on any atom is -0.490 e. The van der Waals surface area contributed by atoms with E-state index >= 15 is 0 Å². The monoisotopic (exact) mass is 366 g/mol. The van der Waals surface area contributed by atoms with Gasteiger partial charge >= 0.3 is 0 Å². The molecule has 5 nitrogen and oxygen atoms in total. The zero-order chi connectivity index (χ0) is 18.2. The fraction of sp³-hybridized carbons (Fsp3) is 0.632. The van der Waals surface area contributed by atoms with Gasteiger partial charge in [-0.25, -0.2) is 0 Å². The van der Waals surface area contributed by atoms with Gasteiger partial charge in [-0.05, 0) is 30.5 Å². The van der Waals surface area contributed by atoms with E-state index in [1.54, 1.807) is 16.7 Å². The van der Waals surface area contributed by atoms with Gasteiger partial charge in [-0.3, -0.25) is 4.79 Å². The molecule has 0 spiro atoms. The molecule has 1 unspecified atom stereocenters. The number of nitrogens with two attached hydrogens (primary N) is 1. The summed E-state index contributed by atoms with van der Waals surface area (Å²) in [6, 6.07) is 6.12. The van der Waals surface area contributed by atoms with Gasteiger partial charge in [0.05, 0.1) is 13.2 Å². The van der Waals surface area contributed by atoms with Crippen molar-refractivity contribution in [2.45, 2.75) is 44.0 Å². The lowest BCUT2D eigenvalue weighted by Crippen LogP contribution is -2.34. The molecule has 0 saturated carbocycles. The van der Waals surface area contributed by atoms with Gasteiger partial charge in [0.2, 0.25) is 5.91 Å². The molecular weight excluding hydrogens is 336 g/mol. The van der Waals surface area contributed by atoms with Crippen LogP contribution in [0.2, 0.25) is 0 Å². The molecule has 1 heterocycles. The van der Waals surface area contributed by atoms with E-state index in [0.29, 0.717) is 32.1 Å². The first-order chi connectivity index (χ1) is 12.0. The van der Waals surface area contributed by atoms with Crippen LogP contribution in [0.15, 0.2) is 23.1 Å². The highest BCUT2D eigenvalue weighted by Gasteiger charge is 2.14. The Kier molecular flexibility index (Phi) is 7.90. The van der Waals surface area contributed by atoms with E-state index in [0.717, 1.165) is 35.0 Å². The molecule has 0 saturated heterocycles. The normalized spacial score (nSPS) is 14.9. The molecule has 140 valence electrons. The second kappa shape index (κ2) is 9.92. The van der Waals surface area contributed by atoms with Crippen LogP contribution in [0.25, 0.3) is 0 Å². The smallest absolute Gasteiger partial charge is 0.223 e. The predicted octanol–water partition coefficient (Wildman–Crippen LogP) is 3.16. The number of carbonyl (C=O) groups is 1. The van der Waals surface area contributed by atoms with Crippen molar-refractivity contribution in [3.8, 4) is 11.5 Å². The van der Waals surface area contributed by atoms with Gasteiger partial charge < -0.3 is 20.1 Å². The Balaban J connectivity index is 1.74. The molecule has 0 aromatic heterocycles. The van der Waals surface area contributed by atoms with Crippen LogP contribution in [0, 0.1) is 5.92 Å². The highest BCUT2D eigenvalue weighted by molar-refractivity contribution is 7.99. The lowest BCUT2D eigenvalue weighted by atomic mass is 10.0. The Hall–Kier alpha value is -1.40. The molecule has 2 rings (SSSR count).